The Labute approximate surface area is 145 Å². The average Bonchev–Trinajstić information content (AvgIpc) is 3.21. The lowest BCUT2D eigenvalue weighted by Gasteiger charge is -2.03. The second-order valence-corrected chi connectivity index (χ2v) is 7.90. The van der Waals surface area contributed by atoms with Gasteiger partial charge in [0.15, 0.2) is 10.1 Å². The lowest BCUT2D eigenvalue weighted by atomic mass is 10.0. The number of nitrogens with one attached hydrogen (secondary N) is 1. The number of hydrogen-bond acceptors (Lipinski definition) is 6. The predicted molar refractivity (Wildman–Crippen MR) is 96.8 cm³/mol. The van der Waals surface area contributed by atoms with E-state index in [-0.39, 0.29) is 5.78 Å². The first kappa shape index (κ1) is 16.5. The van der Waals surface area contributed by atoms with Crippen molar-refractivity contribution in [3.05, 3.63) is 34.9 Å². The second-order valence-electron chi connectivity index (χ2n) is 5.70. The van der Waals surface area contributed by atoms with Gasteiger partial charge in [-0.2, -0.15) is 0 Å². The van der Waals surface area contributed by atoms with Crippen molar-refractivity contribution in [2.24, 2.45) is 0 Å². The fourth-order valence-electron chi connectivity index (χ4n) is 2.67. The molecule has 1 aromatic carbocycles. The number of thioether (sulfide) groups is 1. The summed E-state index contributed by atoms with van der Waals surface area (Å²) in [5.74, 6) is 0.586. The van der Waals surface area contributed by atoms with Gasteiger partial charge in [0.05, 0.1) is 5.75 Å². The summed E-state index contributed by atoms with van der Waals surface area (Å²) < 4.78 is 0.846. The van der Waals surface area contributed by atoms with Gasteiger partial charge in [-0.1, -0.05) is 48.6 Å². The number of ketones is 1. The van der Waals surface area contributed by atoms with Crippen LogP contribution in [0.2, 0.25) is 0 Å². The molecule has 3 rings (SSSR count). The Hall–Kier alpha value is -1.40. The average molecular weight is 348 g/mol. The van der Waals surface area contributed by atoms with E-state index in [1.165, 1.54) is 40.6 Å². The number of carbonyl (C=O) groups excluding carboxylic acids is 1. The highest BCUT2D eigenvalue weighted by molar-refractivity contribution is 8.01. The van der Waals surface area contributed by atoms with Crippen LogP contribution in [0.5, 0.6) is 0 Å². The molecule has 0 spiro atoms. The number of benzene rings is 1. The second kappa shape index (κ2) is 7.93. The molecule has 1 heterocycles. The fourth-order valence-corrected chi connectivity index (χ4v) is 4.34. The van der Waals surface area contributed by atoms with Gasteiger partial charge in [0.25, 0.3) is 0 Å². The zero-order valence-electron chi connectivity index (χ0n) is 13.3. The Morgan fingerprint density at radius 2 is 2.17 bits per heavy atom. The van der Waals surface area contributed by atoms with Crippen LogP contribution in [0, 0.1) is 0 Å². The van der Waals surface area contributed by atoms with Crippen LogP contribution in [0.25, 0.3) is 0 Å². The van der Waals surface area contributed by atoms with Gasteiger partial charge in [-0.15, -0.1) is 10.2 Å². The van der Waals surface area contributed by atoms with Crippen LogP contribution in [0.3, 0.4) is 0 Å². The molecule has 0 amide bonds. The molecule has 0 radical (unpaired) electrons. The monoisotopic (exact) mass is 347 g/mol. The molecule has 0 atom stereocenters. The number of nitrogens with zero attached hydrogens (tertiary/aromatic N) is 2. The Kier molecular flexibility index (Phi) is 5.67. The predicted octanol–water partition coefficient (Wildman–Crippen LogP) is 4.21. The van der Waals surface area contributed by atoms with E-state index >= 15 is 0 Å². The molecule has 0 bridgehead atoms. The van der Waals surface area contributed by atoms with E-state index in [9.17, 15) is 4.79 Å². The summed E-state index contributed by atoms with van der Waals surface area (Å²) in [6.07, 6.45) is 5.74. The van der Waals surface area contributed by atoms with Crippen molar-refractivity contribution >= 4 is 34.0 Å². The van der Waals surface area contributed by atoms with Gasteiger partial charge in [-0.05, 0) is 42.9 Å². The maximum Gasteiger partial charge on any atom is 0.206 e. The van der Waals surface area contributed by atoms with Gasteiger partial charge in [0.1, 0.15) is 0 Å². The zero-order chi connectivity index (χ0) is 16.1. The smallest absolute Gasteiger partial charge is 0.206 e. The quantitative estimate of drug-likeness (QED) is 0.440. The van der Waals surface area contributed by atoms with E-state index in [0.717, 1.165) is 47.3 Å². The molecule has 0 unspecified atom stereocenters. The molecule has 1 aromatic heterocycles. The molecule has 1 N–H and O–H groups in total. The fraction of sp³-hybridized carbons (Fsp3) is 0.471. The van der Waals surface area contributed by atoms with Crippen LogP contribution in [-0.4, -0.2) is 28.3 Å². The number of aryl methyl sites for hydroxylation is 2. The topological polar surface area (TPSA) is 54.9 Å². The number of carbonyl (C=O) groups is 1. The van der Waals surface area contributed by atoms with Crippen molar-refractivity contribution in [3.8, 4) is 0 Å². The van der Waals surface area contributed by atoms with Gasteiger partial charge in [-0.25, -0.2) is 0 Å². The van der Waals surface area contributed by atoms with E-state index in [1.54, 1.807) is 0 Å². The molecular formula is C17H21N3OS2. The van der Waals surface area contributed by atoms with E-state index in [4.69, 9.17) is 0 Å². The molecule has 0 saturated heterocycles. The minimum Gasteiger partial charge on any atom is -0.360 e. The third-order valence-corrected chi connectivity index (χ3v) is 5.97. The lowest BCUT2D eigenvalue weighted by Crippen LogP contribution is -2.03. The summed E-state index contributed by atoms with van der Waals surface area (Å²) in [5, 5.41) is 12.3. The number of hydrogen-bond donors (Lipinski definition) is 1. The van der Waals surface area contributed by atoms with E-state index < -0.39 is 0 Å². The Morgan fingerprint density at radius 1 is 1.30 bits per heavy atom. The molecular weight excluding hydrogens is 326 g/mol. The van der Waals surface area contributed by atoms with Gasteiger partial charge >= 0.3 is 0 Å². The SMILES string of the molecule is CCCCNc1nnc(SCC(=O)c2ccc3c(c2)CCC3)s1. The van der Waals surface area contributed by atoms with Crippen LogP contribution in [0.15, 0.2) is 22.5 Å². The number of fused-ring (bicyclic) bond motifs is 1. The largest absolute Gasteiger partial charge is 0.360 e. The molecule has 0 fully saturated rings. The Morgan fingerprint density at radius 3 is 3.04 bits per heavy atom. The normalized spacial score (nSPS) is 13.1. The van der Waals surface area contributed by atoms with Crippen LogP contribution in [0.1, 0.15) is 47.7 Å². The number of anilines is 1. The maximum absolute atomic E-state index is 12.4. The van der Waals surface area contributed by atoms with E-state index in [1.807, 2.05) is 6.07 Å². The first-order chi connectivity index (χ1) is 11.3. The van der Waals surface area contributed by atoms with Crippen molar-refractivity contribution < 1.29 is 4.79 Å². The molecule has 0 aliphatic heterocycles. The summed E-state index contributed by atoms with van der Waals surface area (Å²) in [5.41, 5.74) is 3.57. The zero-order valence-corrected chi connectivity index (χ0v) is 14.9. The van der Waals surface area contributed by atoms with Crippen LogP contribution in [0.4, 0.5) is 5.13 Å². The minimum atomic E-state index is 0.167. The molecule has 0 saturated carbocycles. The van der Waals surface area contributed by atoms with Gasteiger partial charge in [0.2, 0.25) is 5.13 Å². The van der Waals surface area contributed by atoms with E-state index in [0.29, 0.717) is 5.75 Å². The standard InChI is InChI=1S/C17H21N3OS2/c1-2-3-9-18-16-19-20-17(23-16)22-11-15(21)14-8-7-12-5-4-6-13(12)10-14/h7-8,10H,2-6,9,11H2,1H3,(H,18,19). The summed E-state index contributed by atoms with van der Waals surface area (Å²) in [6, 6.07) is 6.15. The van der Waals surface area contributed by atoms with Crippen LogP contribution in [-0.2, 0) is 12.8 Å². The Balaban J connectivity index is 1.53. The highest BCUT2D eigenvalue weighted by Crippen LogP contribution is 2.27. The Bertz CT molecular complexity index is 684. The summed E-state index contributed by atoms with van der Waals surface area (Å²) in [7, 11) is 0. The highest BCUT2D eigenvalue weighted by atomic mass is 32.2. The van der Waals surface area contributed by atoms with Crippen molar-refractivity contribution in [2.75, 3.05) is 17.6 Å². The number of aromatic nitrogens is 2. The van der Waals surface area contributed by atoms with Crippen LogP contribution >= 0.6 is 23.1 Å². The first-order valence-corrected chi connectivity index (χ1v) is 9.91. The van der Waals surface area contributed by atoms with Gasteiger partial charge < -0.3 is 5.32 Å². The molecule has 2 aromatic rings. The number of Topliss-reactive ketones (excluding diaryl/α,β-unsaturated/α-hetero) is 1. The molecule has 4 nitrogen and oxygen atoms in total. The van der Waals surface area contributed by atoms with Crippen molar-refractivity contribution in [2.45, 2.75) is 43.4 Å². The third kappa shape index (κ3) is 4.32. The summed E-state index contributed by atoms with van der Waals surface area (Å²) in [4.78, 5) is 12.4. The third-order valence-electron chi connectivity index (χ3n) is 3.96. The molecule has 122 valence electrons. The van der Waals surface area contributed by atoms with Crippen LogP contribution < -0.4 is 5.32 Å². The maximum atomic E-state index is 12.4. The van der Waals surface area contributed by atoms with Crippen molar-refractivity contribution in [1.82, 2.24) is 10.2 Å². The molecule has 1 aliphatic rings. The highest BCUT2D eigenvalue weighted by Gasteiger charge is 2.15. The van der Waals surface area contributed by atoms with E-state index in [2.05, 4.69) is 34.6 Å². The van der Waals surface area contributed by atoms with Gasteiger partial charge in [0, 0.05) is 12.1 Å². The summed E-state index contributed by atoms with van der Waals surface area (Å²) >= 11 is 2.99. The summed E-state index contributed by atoms with van der Waals surface area (Å²) in [6.45, 7) is 3.08. The minimum absolute atomic E-state index is 0.167. The van der Waals surface area contributed by atoms with Gasteiger partial charge in [-0.3, -0.25) is 4.79 Å². The molecule has 6 heteroatoms. The first-order valence-electron chi connectivity index (χ1n) is 8.11. The van der Waals surface area contributed by atoms with Crippen molar-refractivity contribution in [1.29, 1.82) is 0 Å². The number of unbranched alkanes of at least 4 members (excludes halogenated alkanes) is 1. The lowest BCUT2D eigenvalue weighted by molar-refractivity contribution is 0.102. The molecule has 23 heavy (non-hydrogen) atoms. The molecule has 1 aliphatic carbocycles. The number of rotatable bonds is 8. The van der Waals surface area contributed by atoms with Crippen molar-refractivity contribution in [3.63, 3.8) is 0 Å².